The molecule has 7 nitrogen and oxygen atoms in total. The van der Waals surface area contributed by atoms with Crippen molar-refractivity contribution in [2.24, 2.45) is 0 Å². The standard InChI is InChI=1S/C35H35FN2O5/c1-35(2,28-14-8-9-15-29(28)36)34(41)37-21-22-43-26-19-17-24(18-20-26)23-31(33(40)42-3)38-30-16-10-7-13-27(30)32(39)25-11-5-4-6-12-25/h4-20,31,38H,21-23H2,1-3H3,(H,37,41). The summed E-state index contributed by atoms with van der Waals surface area (Å²) in [6, 6.07) is 28.8. The smallest absolute Gasteiger partial charge is 0.328 e. The minimum atomic E-state index is -1.04. The predicted octanol–water partition coefficient (Wildman–Crippen LogP) is 5.73. The van der Waals surface area contributed by atoms with Gasteiger partial charge in [0, 0.05) is 28.8 Å². The monoisotopic (exact) mass is 582 g/mol. The second-order valence-electron chi connectivity index (χ2n) is 10.5. The lowest BCUT2D eigenvalue weighted by Gasteiger charge is -2.24. The van der Waals surface area contributed by atoms with Crippen LogP contribution in [0.15, 0.2) is 103 Å². The number of nitrogens with one attached hydrogen (secondary N) is 2. The van der Waals surface area contributed by atoms with Crippen molar-refractivity contribution in [2.45, 2.75) is 31.7 Å². The van der Waals surface area contributed by atoms with Gasteiger partial charge in [-0.1, -0.05) is 72.8 Å². The van der Waals surface area contributed by atoms with E-state index in [1.54, 1.807) is 92.7 Å². The number of ketones is 1. The second kappa shape index (κ2) is 14.3. The van der Waals surface area contributed by atoms with E-state index in [1.165, 1.54) is 13.2 Å². The SMILES string of the molecule is COC(=O)C(Cc1ccc(OCCNC(=O)C(C)(C)c2ccccc2F)cc1)Nc1ccccc1C(=O)c1ccccc1. The summed E-state index contributed by atoms with van der Waals surface area (Å²) in [5.41, 5.74) is 1.68. The van der Waals surface area contributed by atoms with Gasteiger partial charge in [-0.3, -0.25) is 9.59 Å². The summed E-state index contributed by atoms with van der Waals surface area (Å²) in [6.07, 6.45) is 0.308. The van der Waals surface area contributed by atoms with Crippen molar-refractivity contribution < 1.29 is 28.2 Å². The molecule has 1 atom stereocenters. The Morgan fingerprint density at radius 2 is 1.49 bits per heavy atom. The first-order valence-corrected chi connectivity index (χ1v) is 14.0. The van der Waals surface area contributed by atoms with E-state index in [4.69, 9.17) is 9.47 Å². The highest BCUT2D eigenvalue weighted by molar-refractivity contribution is 6.12. The molecule has 43 heavy (non-hydrogen) atoms. The van der Waals surface area contributed by atoms with Gasteiger partial charge < -0.3 is 20.1 Å². The molecule has 0 fully saturated rings. The summed E-state index contributed by atoms with van der Waals surface area (Å²) in [6.45, 7) is 3.82. The van der Waals surface area contributed by atoms with E-state index in [-0.39, 0.29) is 24.8 Å². The number of amides is 1. The third-order valence-corrected chi connectivity index (χ3v) is 7.16. The zero-order valence-corrected chi connectivity index (χ0v) is 24.4. The van der Waals surface area contributed by atoms with Crippen LogP contribution in [-0.2, 0) is 26.2 Å². The molecule has 1 amide bonds. The maximum atomic E-state index is 14.2. The minimum absolute atomic E-state index is 0.152. The van der Waals surface area contributed by atoms with E-state index < -0.39 is 23.2 Å². The number of anilines is 1. The number of esters is 1. The first-order chi connectivity index (χ1) is 20.7. The van der Waals surface area contributed by atoms with E-state index in [9.17, 15) is 18.8 Å². The van der Waals surface area contributed by atoms with Crippen LogP contribution in [0.5, 0.6) is 5.75 Å². The fourth-order valence-electron chi connectivity index (χ4n) is 4.68. The largest absolute Gasteiger partial charge is 0.492 e. The summed E-state index contributed by atoms with van der Waals surface area (Å²) in [4.78, 5) is 38.6. The normalized spacial score (nSPS) is 11.7. The van der Waals surface area contributed by atoms with Gasteiger partial charge in [-0.05, 0) is 49.7 Å². The molecule has 0 saturated heterocycles. The highest BCUT2D eigenvalue weighted by atomic mass is 19.1. The number of halogens is 1. The summed E-state index contributed by atoms with van der Waals surface area (Å²) >= 11 is 0. The van der Waals surface area contributed by atoms with Gasteiger partial charge in [-0.15, -0.1) is 0 Å². The second-order valence-corrected chi connectivity index (χ2v) is 10.5. The Kier molecular flexibility index (Phi) is 10.3. The van der Waals surface area contributed by atoms with Crippen molar-refractivity contribution in [2.75, 3.05) is 25.6 Å². The summed E-state index contributed by atoms with van der Waals surface area (Å²) in [7, 11) is 1.32. The molecule has 0 radical (unpaired) electrons. The van der Waals surface area contributed by atoms with E-state index in [2.05, 4.69) is 10.6 Å². The minimum Gasteiger partial charge on any atom is -0.492 e. The number of hydrogen-bond donors (Lipinski definition) is 2. The Morgan fingerprint density at radius 3 is 2.19 bits per heavy atom. The molecule has 0 heterocycles. The summed E-state index contributed by atoms with van der Waals surface area (Å²) in [5, 5.41) is 6.01. The molecule has 8 heteroatoms. The Bertz CT molecular complexity index is 1550. The predicted molar refractivity (Wildman–Crippen MR) is 164 cm³/mol. The Hall–Kier alpha value is -4.98. The Balaban J connectivity index is 1.34. The van der Waals surface area contributed by atoms with Gasteiger partial charge in [-0.2, -0.15) is 0 Å². The molecule has 0 spiro atoms. The number of methoxy groups -OCH3 is 1. The van der Waals surface area contributed by atoms with Crippen molar-refractivity contribution in [1.82, 2.24) is 5.32 Å². The van der Waals surface area contributed by atoms with E-state index in [0.717, 1.165) is 5.56 Å². The molecule has 4 aromatic rings. The van der Waals surface area contributed by atoms with Crippen LogP contribution in [0.1, 0.15) is 40.9 Å². The van der Waals surface area contributed by atoms with Gasteiger partial charge >= 0.3 is 5.97 Å². The molecule has 0 aliphatic rings. The number of carbonyl (C=O) groups is 3. The maximum absolute atomic E-state index is 14.2. The zero-order chi connectivity index (χ0) is 30.8. The third kappa shape index (κ3) is 7.86. The molecule has 2 N–H and O–H groups in total. The maximum Gasteiger partial charge on any atom is 0.328 e. The van der Waals surface area contributed by atoms with Gasteiger partial charge in [-0.25, -0.2) is 9.18 Å². The molecular formula is C35H35FN2O5. The first kappa shape index (κ1) is 31.0. The van der Waals surface area contributed by atoms with Crippen LogP contribution in [0.4, 0.5) is 10.1 Å². The van der Waals surface area contributed by atoms with Gasteiger partial charge in [0.1, 0.15) is 24.2 Å². The molecule has 0 aliphatic heterocycles. The fourth-order valence-corrected chi connectivity index (χ4v) is 4.68. The molecule has 4 aromatic carbocycles. The lowest BCUT2D eigenvalue weighted by Crippen LogP contribution is -2.42. The van der Waals surface area contributed by atoms with Crippen molar-refractivity contribution in [3.8, 4) is 5.75 Å². The number of hydrogen-bond acceptors (Lipinski definition) is 6. The number of rotatable bonds is 13. The molecule has 0 aliphatic carbocycles. The van der Waals surface area contributed by atoms with E-state index >= 15 is 0 Å². The van der Waals surface area contributed by atoms with Crippen LogP contribution in [0, 0.1) is 5.82 Å². The number of ether oxygens (including phenoxy) is 2. The zero-order valence-electron chi connectivity index (χ0n) is 24.4. The van der Waals surface area contributed by atoms with Gasteiger partial charge in [0.15, 0.2) is 5.78 Å². The molecule has 1 unspecified atom stereocenters. The highest BCUT2D eigenvalue weighted by Crippen LogP contribution is 2.26. The van der Waals surface area contributed by atoms with Crippen molar-refractivity contribution in [3.63, 3.8) is 0 Å². The van der Waals surface area contributed by atoms with Gasteiger partial charge in [0.05, 0.1) is 19.1 Å². The molecule has 0 saturated carbocycles. The summed E-state index contributed by atoms with van der Waals surface area (Å²) < 4.78 is 25.0. The van der Waals surface area contributed by atoms with Crippen LogP contribution in [0.3, 0.4) is 0 Å². The van der Waals surface area contributed by atoms with E-state index in [0.29, 0.717) is 34.5 Å². The van der Waals surface area contributed by atoms with Crippen molar-refractivity contribution >= 4 is 23.3 Å². The Morgan fingerprint density at radius 1 is 0.837 bits per heavy atom. The van der Waals surface area contributed by atoms with Crippen molar-refractivity contribution in [1.29, 1.82) is 0 Å². The highest BCUT2D eigenvalue weighted by Gasteiger charge is 2.32. The number of para-hydroxylation sites is 1. The average Bonchev–Trinajstić information content (AvgIpc) is 3.03. The van der Waals surface area contributed by atoms with Crippen LogP contribution in [0.25, 0.3) is 0 Å². The molecule has 222 valence electrons. The topological polar surface area (TPSA) is 93.7 Å². The lowest BCUT2D eigenvalue weighted by molar-refractivity contribution is -0.141. The Labute approximate surface area is 251 Å². The average molecular weight is 583 g/mol. The van der Waals surface area contributed by atoms with Crippen LogP contribution < -0.4 is 15.4 Å². The van der Waals surface area contributed by atoms with Crippen LogP contribution in [-0.4, -0.2) is 44.0 Å². The summed E-state index contributed by atoms with van der Waals surface area (Å²) in [5.74, 6) is -0.747. The first-order valence-electron chi connectivity index (χ1n) is 14.0. The number of benzene rings is 4. The number of carbonyl (C=O) groups excluding carboxylic acids is 3. The van der Waals surface area contributed by atoms with Gasteiger partial charge in [0.2, 0.25) is 5.91 Å². The fraction of sp³-hybridized carbons (Fsp3) is 0.229. The molecule has 0 bridgehead atoms. The lowest BCUT2D eigenvalue weighted by atomic mass is 9.83. The van der Waals surface area contributed by atoms with Crippen molar-refractivity contribution in [3.05, 3.63) is 131 Å². The quantitative estimate of drug-likeness (QED) is 0.119. The van der Waals surface area contributed by atoms with E-state index in [1.807, 2.05) is 18.2 Å². The van der Waals surface area contributed by atoms with Gasteiger partial charge in [0.25, 0.3) is 0 Å². The molecule has 4 rings (SSSR count). The third-order valence-electron chi connectivity index (χ3n) is 7.16. The van der Waals surface area contributed by atoms with Crippen LogP contribution in [0.2, 0.25) is 0 Å². The molecule has 0 aromatic heterocycles. The van der Waals surface area contributed by atoms with Crippen LogP contribution >= 0.6 is 0 Å². The molecular weight excluding hydrogens is 547 g/mol.